The number of anilines is 3. The third-order valence-corrected chi connectivity index (χ3v) is 4.39. The Labute approximate surface area is 113 Å². The number of rotatable bonds is 3. The molecule has 1 atom stereocenters. The van der Waals surface area contributed by atoms with Gasteiger partial charge in [0, 0.05) is 11.7 Å². The zero-order valence-electron chi connectivity index (χ0n) is 11.3. The molecule has 0 saturated heterocycles. The van der Waals surface area contributed by atoms with Gasteiger partial charge in [0.15, 0.2) is 0 Å². The summed E-state index contributed by atoms with van der Waals surface area (Å²) in [7, 11) is 0. The van der Waals surface area contributed by atoms with E-state index >= 15 is 0 Å². The highest BCUT2D eigenvalue weighted by Gasteiger charge is 2.23. The third-order valence-electron chi connectivity index (χ3n) is 4.39. The molecule has 1 aliphatic heterocycles. The molecule has 19 heavy (non-hydrogen) atoms. The second kappa shape index (κ2) is 4.76. The largest absolute Gasteiger partial charge is 0.397 e. The maximum atomic E-state index is 11.4. The molecule has 1 saturated carbocycles. The standard InChI is InChI=1S/C15H21N3O/c1-9(10-4-2-3-5-10)17-14-8-13-11(6-12(14)16)7-15(19)18-13/h6,8-10,17H,2-5,7,16H2,1H3,(H,18,19). The Morgan fingerprint density at radius 1 is 1.37 bits per heavy atom. The molecule has 1 unspecified atom stereocenters. The fraction of sp³-hybridized carbons (Fsp3) is 0.533. The van der Waals surface area contributed by atoms with E-state index in [1.54, 1.807) is 0 Å². The van der Waals surface area contributed by atoms with Gasteiger partial charge in [-0.1, -0.05) is 12.8 Å². The van der Waals surface area contributed by atoms with E-state index < -0.39 is 0 Å². The van der Waals surface area contributed by atoms with Gasteiger partial charge in [0.1, 0.15) is 0 Å². The first kappa shape index (κ1) is 12.3. The molecule has 1 amide bonds. The van der Waals surface area contributed by atoms with Gasteiger partial charge in [0.05, 0.1) is 17.8 Å². The molecule has 4 heteroatoms. The van der Waals surface area contributed by atoms with Crippen LogP contribution in [0.4, 0.5) is 17.1 Å². The number of hydrogen-bond donors (Lipinski definition) is 3. The van der Waals surface area contributed by atoms with Gasteiger partial charge in [-0.05, 0) is 43.4 Å². The van der Waals surface area contributed by atoms with Gasteiger partial charge in [0.2, 0.25) is 5.91 Å². The maximum absolute atomic E-state index is 11.4. The monoisotopic (exact) mass is 259 g/mol. The van der Waals surface area contributed by atoms with E-state index in [-0.39, 0.29) is 5.91 Å². The molecule has 0 radical (unpaired) electrons. The molecule has 3 rings (SSSR count). The summed E-state index contributed by atoms with van der Waals surface area (Å²) in [5.74, 6) is 0.789. The van der Waals surface area contributed by atoms with Crippen LogP contribution in [0.25, 0.3) is 0 Å². The van der Waals surface area contributed by atoms with E-state index in [0.717, 1.165) is 28.5 Å². The van der Waals surface area contributed by atoms with Crippen molar-refractivity contribution in [1.29, 1.82) is 0 Å². The Morgan fingerprint density at radius 2 is 2.11 bits per heavy atom. The zero-order chi connectivity index (χ0) is 13.4. The number of benzene rings is 1. The summed E-state index contributed by atoms with van der Waals surface area (Å²) in [5, 5.41) is 6.39. The molecule has 0 aromatic heterocycles. The van der Waals surface area contributed by atoms with Crippen LogP contribution in [0.2, 0.25) is 0 Å². The molecule has 0 bridgehead atoms. The lowest BCUT2D eigenvalue weighted by Crippen LogP contribution is -2.24. The minimum absolute atomic E-state index is 0.0513. The van der Waals surface area contributed by atoms with Crippen LogP contribution >= 0.6 is 0 Å². The van der Waals surface area contributed by atoms with Crippen molar-refractivity contribution in [2.24, 2.45) is 5.92 Å². The summed E-state index contributed by atoms with van der Waals surface area (Å²) in [6.45, 7) is 2.22. The predicted molar refractivity (Wildman–Crippen MR) is 78.2 cm³/mol. The highest BCUT2D eigenvalue weighted by Crippen LogP contribution is 2.34. The van der Waals surface area contributed by atoms with E-state index in [4.69, 9.17) is 5.73 Å². The number of amides is 1. The lowest BCUT2D eigenvalue weighted by Gasteiger charge is -2.23. The van der Waals surface area contributed by atoms with Gasteiger partial charge in [-0.15, -0.1) is 0 Å². The molecule has 1 fully saturated rings. The van der Waals surface area contributed by atoms with Crippen LogP contribution in [0.5, 0.6) is 0 Å². The van der Waals surface area contributed by atoms with Gasteiger partial charge < -0.3 is 16.4 Å². The van der Waals surface area contributed by atoms with Gasteiger partial charge in [-0.2, -0.15) is 0 Å². The smallest absolute Gasteiger partial charge is 0.228 e. The second-order valence-electron chi connectivity index (χ2n) is 5.80. The number of hydrogen-bond acceptors (Lipinski definition) is 3. The average Bonchev–Trinajstić information content (AvgIpc) is 2.97. The van der Waals surface area contributed by atoms with Crippen LogP contribution in [0.3, 0.4) is 0 Å². The van der Waals surface area contributed by atoms with Crippen LogP contribution in [0.15, 0.2) is 12.1 Å². The van der Waals surface area contributed by atoms with Crippen molar-refractivity contribution in [3.8, 4) is 0 Å². The highest BCUT2D eigenvalue weighted by atomic mass is 16.1. The highest BCUT2D eigenvalue weighted by molar-refractivity contribution is 6.00. The maximum Gasteiger partial charge on any atom is 0.228 e. The van der Waals surface area contributed by atoms with Crippen LogP contribution < -0.4 is 16.4 Å². The SMILES string of the molecule is CC(Nc1cc2c(cc1N)CC(=O)N2)C1CCCC1. The molecule has 102 valence electrons. The third kappa shape index (κ3) is 2.39. The molecule has 1 aromatic rings. The molecule has 4 nitrogen and oxygen atoms in total. The van der Waals surface area contributed by atoms with Crippen LogP contribution in [0, 0.1) is 5.92 Å². The summed E-state index contributed by atoms with van der Waals surface area (Å²) in [6, 6.07) is 4.32. The molecular formula is C15H21N3O. The molecular weight excluding hydrogens is 238 g/mol. The van der Waals surface area contributed by atoms with E-state index in [1.807, 2.05) is 12.1 Å². The number of nitrogens with one attached hydrogen (secondary N) is 2. The topological polar surface area (TPSA) is 67.1 Å². The van der Waals surface area contributed by atoms with Crippen molar-refractivity contribution >= 4 is 23.0 Å². The molecule has 2 aliphatic rings. The average molecular weight is 259 g/mol. The number of nitrogen functional groups attached to an aromatic ring is 1. The molecule has 1 aliphatic carbocycles. The fourth-order valence-electron chi connectivity index (χ4n) is 3.24. The quantitative estimate of drug-likeness (QED) is 0.731. The zero-order valence-corrected chi connectivity index (χ0v) is 11.3. The van der Waals surface area contributed by atoms with Gasteiger partial charge in [-0.25, -0.2) is 0 Å². The van der Waals surface area contributed by atoms with Crippen LogP contribution in [0.1, 0.15) is 38.2 Å². The molecule has 1 heterocycles. The summed E-state index contributed by atoms with van der Waals surface area (Å²) in [6.07, 6.45) is 5.72. The minimum Gasteiger partial charge on any atom is -0.397 e. The van der Waals surface area contributed by atoms with Crippen LogP contribution in [-0.2, 0) is 11.2 Å². The van der Waals surface area contributed by atoms with E-state index in [9.17, 15) is 4.79 Å². The minimum atomic E-state index is 0.0513. The number of carbonyl (C=O) groups is 1. The first-order chi connectivity index (χ1) is 9.13. The lowest BCUT2D eigenvalue weighted by atomic mass is 9.99. The normalized spacial score (nSPS) is 20.2. The predicted octanol–water partition coefficient (Wildman–Crippen LogP) is 2.75. The van der Waals surface area contributed by atoms with Crippen LogP contribution in [-0.4, -0.2) is 11.9 Å². The summed E-state index contributed by atoms with van der Waals surface area (Å²) in [4.78, 5) is 11.4. The van der Waals surface area contributed by atoms with Crippen molar-refractivity contribution in [2.45, 2.75) is 45.1 Å². The first-order valence-corrected chi connectivity index (χ1v) is 7.12. The summed E-state index contributed by atoms with van der Waals surface area (Å²) >= 11 is 0. The second-order valence-corrected chi connectivity index (χ2v) is 5.80. The summed E-state index contributed by atoms with van der Waals surface area (Å²) in [5.41, 5.74) is 9.67. The van der Waals surface area contributed by atoms with Crippen molar-refractivity contribution in [3.05, 3.63) is 17.7 Å². The number of carbonyl (C=O) groups excluding carboxylic acids is 1. The van der Waals surface area contributed by atoms with Gasteiger partial charge in [-0.3, -0.25) is 4.79 Å². The van der Waals surface area contributed by atoms with Crippen molar-refractivity contribution in [2.75, 3.05) is 16.4 Å². The summed E-state index contributed by atoms with van der Waals surface area (Å²) < 4.78 is 0. The van der Waals surface area contributed by atoms with E-state index in [1.165, 1.54) is 25.7 Å². The Balaban J connectivity index is 1.77. The Bertz CT molecular complexity index is 506. The van der Waals surface area contributed by atoms with Crippen molar-refractivity contribution in [3.63, 3.8) is 0 Å². The lowest BCUT2D eigenvalue weighted by molar-refractivity contribution is -0.115. The Kier molecular flexibility index (Phi) is 3.09. The fourth-order valence-corrected chi connectivity index (χ4v) is 3.24. The van der Waals surface area contributed by atoms with Crippen molar-refractivity contribution < 1.29 is 4.79 Å². The number of fused-ring (bicyclic) bond motifs is 1. The first-order valence-electron chi connectivity index (χ1n) is 7.12. The van der Waals surface area contributed by atoms with Gasteiger partial charge in [0.25, 0.3) is 0 Å². The van der Waals surface area contributed by atoms with Crippen molar-refractivity contribution in [1.82, 2.24) is 0 Å². The van der Waals surface area contributed by atoms with E-state index in [2.05, 4.69) is 17.6 Å². The number of nitrogens with two attached hydrogens (primary N) is 1. The Morgan fingerprint density at radius 3 is 2.84 bits per heavy atom. The molecule has 1 aromatic carbocycles. The van der Waals surface area contributed by atoms with Gasteiger partial charge >= 0.3 is 0 Å². The van der Waals surface area contributed by atoms with E-state index in [0.29, 0.717) is 12.5 Å². The molecule has 4 N–H and O–H groups in total. The Hall–Kier alpha value is -1.71. The molecule has 0 spiro atoms.